The normalized spacial score (nSPS) is 10.4. The summed E-state index contributed by atoms with van der Waals surface area (Å²) in [6.07, 6.45) is 0. The first kappa shape index (κ1) is 13.7. The van der Waals surface area contributed by atoms with Gasteiger partial charge in [-0.1, -0.05) is 0 Å². The van der Waals surface area contributed by atoms with Gasteiger partial charge in [-0.15, -0.1) is 0 Å². The summed E-state index contributed by atoms with van der Waals surface area (Å²) in [5.41, 5.74) is 3.56. The Balaban J connectivity index is 2.42. The number of nitrogens with two attached hydrogens (primary N) is 1. The lowest BCUT2D eigenvalue weighted by Gasteiger charge is -2.07. The smallest absolute Gasteiger partial charge is 0.278 e. The number of anilines is 1. The van der Waals surface area contributed by atoms with E-state index in [0.717, 1.165) is 5.69 Å². The molecule has 0 bridgehead atoms. The zero-order chi connectivity index (χ0) is 14.9. The molecule has 0 unspecified atom stereocenters. The van der Waals surface area contributed by atoms with Gasteiger partial charge in [-0.2, -0.15) is 10.1 Å². The van der Waals surface area contributed by atoms with Gasteiger partial charge in [0.15, 0.2) is 11.6 Å². The lowest BCUT2D eigenvalue weighted by molar-refractivity contribution is -0.384. The Kier molecular flexibility index (Phi) is 3.53. The predicted molar refractivity (Wildman–Crippen MR) is 71.5 cm³/mol. The third-order valence-electron chi connectivity index (χ3n) is 2.79. The lowest BCUT2D eigenvalue weighted by atomic mass is 10.3. The minimum atomic E-state index is -0.543. The molecular formula is C11H14N6O3. The van der Waals surface area contributed by atoms with Gasteiger partial charge in [0.1, 0.15) is 5.69 Å². The summed E-state index contributed by atoms with van der Waals surface area (Å²) in [6, 6.07) is 2.45. The molecule has 2 heterocycles. The van der Waals surface area contributed by atoms with E-state index in [9.17, 15) is 10.1 Å². The Labute approximate surface area is 114 Å². The molecule has 106 valence electrons. The van der Waals surface area contributed by atoms with Crippen molar-refractivity contribution in [2.24, 2.45) is 12.9 Å². The number of nitrogens with one attached hydrogen (secondary N) is 1. The minimum Gasteiger partial charge on any atom is -0.435 e. The third-order valence-corrected chi connectivity index (χ3v) is 2.79. The van der Waals surface area contributed by atoms with Gasteiger partial charge >= 0.3 is 0 Å². The van der Waals surface area contributed by atoms with Crippen molar-refractivity contribution >= 4 is 11.5 Å². The van der Waals surface area contributed by atoms with Crippen LogP contribution in [0.5, 0.6) is 11.6 Å². The van der Waals surface area contributed by atoms with Crippen molar-refractivity contribution in [2.45, 2.75) is 13.8 Å². The number of pyridine rings is 1. The Hall–Kier alpha value is -2.68. The minimum absolute atomic E-state index is 0.0753. The van der Waals surface area contributed by atoms with Crippen LogP contribution in [0.15, 0.2) is 12.1 Å². The average Bonchev–Trinajstić information content (AvgIpc) is 2.65. The highest BCUT2D eigenvalue weighted by molar-refractivity contribution is 5.49. The summed E-state index contributed by atoms with van der Waals surface area (Å²) in [6.45, 7) is 3.61. The monoisotopic (exact) mass is 278 g/mol. The number of nitrogens with zero attached hydrogens (tertiary/aromatic N) is 4. The van der Waals surface area contributed by atoms with Crippen LogP contribution in [0.4, 0.5) is 11.5 Å². The summed E-state index contributed by atoms with van der Waals surface area (Å²) < 4.78 is 7.26. The van der Waals surface area contributed by atoms with E-state index < -0.39 is 4.92 Å². The van der Waals surface area contributed by atoms with Crippen molar-refractivity contribution in [3.05, 3.63) is 33.6 Å². The number of hydrogen-bond donors (Lipinski definition) is 2. The Morgan fingerprint density at radius 2 is 2.15 bits per heavy atom. The van der Waals surface area contributed by atoms with Crippen LogP contribution < -0.4 is 16.0 Å². The molecule has 2 aromatic rings. The molecule has 0 aliphatic heterocycles. The molecule has 2 aromatic heterocycles. The van der Waals surface area contributed by atoms with Crippen LogP contribution in [-0.4, -0.2) is 19.7 Å². The lowest BCUT2D eigenvalue weighted by Crippen LogP contribution is -2.09. The van der Waals surface area contributed by atoms with Crippen molar-refractivity contribution in [3.8, 4) is 11.6 Å². The number of nitro groups is 1. The standard InChI is InChI=1S/C11H14N6O3/c1-6-11(7(2)16(3)15-6)20-10-5-8(17(18)19)4-9(13-10)14-12/h4-5H,12H2,1-3H3,(H,13,14). The Morgan fingerprint density at radius 3 is 2.65 bits per heavy atom. The molecule has 0 radical (unpaired) electrons. The second-order valence-corrected chi connectivity index (χ2v) is 4.18. The van der Waals surface area contributed by atoms with Crippen LogP contribution in [0, 0.1) is 24.0 Å². The first-order valence-corrected chi connectivity index (χ1v) is 5.73. The number of aryl methyl sites for hydroxylation is 2. The fourth-order valence-electron chi connectivity index (χ4n) is 1.73. The third kappa shape index (κ3) is 2.52. The fraction of sp³-hybridized carbons (Fsp3) is 0.273. The van der Waals surface area contributed by atoms with Gasteiger partial charge in [0.05, 0.1) is 22.7 Å². The molecule has 0 aromatic carbocycles. The second kappa shape index (κ2) is 5.13. The summed E-state index contributed by atoms with van der Waals surface area (Å²) in [5, 5.41) is 15.0. The van der Waals surface area contributed by atoms with Gasteiger partial charge < -0.3 is 10.2 Å². The predicted octanol–water partition coefficient (Wildman–Crippen LogP) is 1.42. The first-order valence-electron chi connectivity index (χ1n) is 5.73. The first-order chi connectivity index (χ1) is 9.42. The van der Waals surface area contributed by atoms with E-state index in [1.165, 1.54) is 12.1 Å². The summed E-state index contributed by atoms with van der Waals surface area (Å²) >= 11 is 0. The van der Waals surface area contributed by atoms with E-state index in [2.05, 4.69) is 15.5 Å². The number of rotatable bonds is 4. The highest BCUT2D eigenvalue weighted by atomic mass is 16.6. The van der Waals surface area contributed by atoms with Crippen LogP contribution >= 0.6 is 0 Å². The molecule has 0 fully saturated rings. The molecule has 9 heteroatoms. The zero-order valence-electron chi connectivity index (χ0n) is 11.2. The van der Waals surface area contributed by atoms with E-state index >= 15 is 0 Å². The molecular weight excluding hydrogens is 264 g/mol. The summed E-state index contributed by atoms with van der Waals surface area (Å²) in [4.78, 5) is 14.3. The molecule has 0 spiro atoms. The fourth-order valence-corrected chi connectivity index (χ4v) is 1.73. The molecule has 0 atom stereocenters. The molecule has 2 rings (SSSR count). The number of hydrogen-bond acceptors (Lipinski definition) is 7. The maximum Gasteiger partial charge on any atom is 0.278 e. The number of ether oxygens (including phenoxy) is 1. The molecule has 20 heavy (non-hydrogen) atoms. The average molecular weight is 278 g/mol. The molecule has 0 saturated heterocycles. The van der Waals surface area contributed by atoms with E-state index in [1.54, 1.807) is 18.7 Å². The van der Waals surface area contributed by atoms with Crippen molar-refractivity contribution in [2.75, 3.05) is 5.43 Å². The summed E-state index contributed by atoms with van der Waals surface area (Å²) in [7, 11) is 1.78. The van der Waals surface area contributed by atoms with Gasteiger partial charge in [0.2, 0.25) is 5.88 Å². The van der Waals surface area contributed by atoms with Gasteiger partial charge in [-0.3, -0.25) is 14.8 Å². The van der Waals surface area contributed by atoms with Gasteiger partial charge in [-0.25, -0.2) is 5.84 Å². The van der Waals surface area contributed by atoms with Gasteiger partial charge in [0, 0.05) is 7.05 Å². The molecule has 0 aliphatic rings. The van der Waals surface area contributed by atoms with E-state index in [0.29, 0.717) is 11.4 Å². The van der Waals surface area contributed by atoms with Gasteiger partial charge in [0.25, 0.3) is 5.69 Å². The largest absolute Gasteiger partial charge is 0.435 e. The van der Waals surface area contributed by atoms with Crippen LogP contribution in [0.1, 0.15) is 11.4 Å². The highest BCUT2D eigenvalue weighted by Gasteiger charge is 2.16. The molecule has 0 amide bonds. The van der Waals surface area contributed by atoms with Crippen molar-refractivity contribution in [1.82, 2.24) is 14.8 Å². The maximum absolute atomic E-state index is 10.8. The van der Waals surface area contributed by atoms with Crippen molar-refractivity contribution in [3.63, 3.8) is 0 Å². The quantitative estimate of drug-likeness (QED) is 0.492. The number of aromatic nitrogens is 3. The topological polar surface area (TPSA) is 121 Å². The second-order valence-electron chi connectivity index (χ2n) is 4.18. The zero-order valence-corrected chi connectivity index (χ0v) is 11.2. The SMILES string of the molecule is Cc1nn(C)c(C)c1Oc1cc([N+](=O)[O-])cc(NN)n1. The molecule has 3 N–H and O–H groups in total. The van der Waals surface area contributed by atoms with Crippen molar-refractivity contribution < 1.29 is 9.66 Å². The molecule has 0 aliphatic carbocycles. The Morgan fingerprint density at radius 1 is 1.45 bits per heavy atom. The van der Waals surface area contributed by atoms with Crippen molar-refractivity contribution in [1.29, 1.82) is 0 Å². The van der Waals surface area contributed by atoms with E-state index in [-0.39, 0.29) is 17.4 Å². The van der Waals surface area contributed by atoms with Crippen LogP contribution in [0.3, 0.4) is 0 Å². The van der Waals surface area contributed by atoms with E-state index in [1.807, 2.05) is 6.92 Å². The maximum atomic E-state index is 10.8. The van der Waals surface area contributed by atoms with Crippen LogP contribution in [0.2, 0.25) is 0 Å². The summed E-state index contributed by atoms with van der Waals surface area (Å²) in [5.74, 6) is 5.98. The number of nitrogen functional groups attached to an aromatic ring is 1. The highest BCUT2D eigenvalue weighted by Crippen LogP contribution is 2.29. The Bertz CT molecular complexity index is 666. The molecule has 0 saturated carbocycles. The number of hydrazine groups is 1. The van der Waals surface area contributed by atoms with Crippen LogP contribution in [0.25, 0.3) is 0 Å². The van der Waals surface area contributed by atoms with E-state index in [4.69, 9.17) is 10.6 Å². The van der Waals surface area contributed by atoms with Crippen LogP contribution in [-0.2, 0) is 7.05 Å². The molecule has 9 nitrogen and oxygen atoms in total. The van der Waals surface area contributed by atoms with Gasteiger partial charge in [-0.05, 0) is 13.8 Å².